The Morgan fingerprint density at radius 1 is 1.29 bits per heavy atom. The molecule has 0 radical (unpaired) electrons. The maximum absolute atomic E-state index is 9.38. The van der Waals surface area contributed by atoms with Crippen molar-refractivity contribution in [3.05, 3.63) is 42.0 Å². The largest absolute Gasteiger partial charge is 0.387 e. The predicted octanol–water partition coefficient (Wildman–Crippen LogP) is 1.83. The molecule has 0 saturated carbocycles. The topological polar surface area (TPSA) is 46.2 Å². The molecule has 78 valence electrons. The van der Waals surface area contributed by atoms with Crippen LogP contribution in [-0.2, 0) is 0 Å². The molecule has 0 aliphatic carbocycles. The van der Waals surface area contributed by atoms with Crippen LogP contribution in [0, 0.1) is 0 Å². The zero-order valence-corrected chi connectivity index (χ0v) is 8.95. The molecule has 3 heteroatoms. The molecule has 0 spiro atoms. The highest BCUT2D eigenvalue weighted by molar-refractivity contribution is 5.85. The first-order valence-corrected chi connectivity index (χ1v) is 4.37. The highest BCUT2D eigenvalue weighted by atomic mass is 35.5. The summed E-state index contributed by atoms with van der Waals surface area (Å²) in [5.41, 5.74) is 6.57. The number of nitrogens with two attached hydrogens (primary N) is 1. The summed E-state index contributed by atoms with van der Waals surface area (Å²) in [7, 11) is 0. The van der Waals surface area contributed by atoms with Gasteiger partial charge in [0.15, 0.2) is 0 Å². The van der Waals surface area contributed by atoms with Gasteiger partial charge in [0, 0.05) is 6.04 Å². The number of halogens is 1. The monoisotopic (exact) mass is 213 g/mol. The number of aliphatic hydroxyl groups excluding tert-OH is 1. The minimum atomic E-state index is -0.569. The van der Waals surface area contributed by atoms with Crippen LogP contribution >= 0.6 is 12.4 Å². The third-order valence-corrected chi connectivity index (χ3v) is 1.82. The van der Waals surface area contributed by atoms with Crippen LogP contribution in [0.3, 0.4) is 0 Å². The summed E-state index contributed by atoms with van der Waals surface area (Å²) < 4.78 is 0. The Kier molecular flexibility index (Phi) is 6.21. The van der Waals surface area contributed by atoms with Crippen LogP contribution in [0.1, 0.15) is 12.5 Å². The fraction of sp³-hybridized carbons (Fsp3) is 0.273. The number of aliphatic hydroxyl groups is 1. The smallest absolute Gasteiger partial charge is 0.0872 e. The maximum Gasteiger partial charge on any atom is 0.0872 e. The predicted molar refractivity (Wildman–Crippen MR) is 62.4 cm³/mol. The quantitative estimate of drug-likeness (QED) is 0.805. The molecule has 0 aromatic heterocycles. The number of benzene rings is 1. The lowest BCUT2D eigenvalue weighted by Crippen LogP contribution is -2.29. The van der Waals surface area contributed by atoms with E-state index in [-0.39, 0.29) is 18.4 Å². The zero-order chi connectivity index (χ0) is 9.68. The van der Waals surface area contributed by atoms with Gasteiger partial charge < -0.3 is 10.8 Å². The first-order valence-electron chi connectivity index (χ1n) is 4.37. The van der Waals surface area contributed by atoms with E-state index in [0.717, 1.165) is 5.56 Å². The van der Waals surface area contributed by atoms with Crippen LogP contribution in [0.25, 0.3) is 6.08 Å². The minimum absolute atomic E-state index is 0. The van der Waals surface area contributed by atoms with Crippen LogP contribution in [0.15, 0.2) is 36.4 Å². The van der Waals surface area contributed by atoms with Gasteiger partial charge in [0.1, 0.15) is 0 Å². The molecule has 0 fully saturated rings. The van der Waals surface area contributed by atoms with E-state index >= 15 is 0 Å². The zero-order valence-electron chi connectivity index (χ0n) is 8.13. The second-order valence-corrected chi connectivity index (χ2v) is 3.12. The summed E-state index contributed by atoms with van der Waals surface area (Å²) >= 11 is 0. The van der Waals surface area contributed by atoms with E-state index in [1.807, 2.05) is 36.4 Å². The molecule has 0 heterocycles. The molecule has 0 saturated heterocycles. The van der Waals surface area contributed by atoms with Crippen molar-refractivity contribution in [3.63, 3.8) is 0 Å². The van der Waals surface area contributed by atoms with Crippen molar-refractivity contribution < 1.29 is 5.11 Å². The van der Waals surface area contributed by atoms with Gasteiger partial charge in [-0.05, 0) is 12.5 Å². The summed E-state index contributed by atoms with van der Waals surface area (Å²) in [6.45, 7) is 1.78. The Morgan fingerprint density at radius 3 is 2.36 bits per heavy atom. The molecule has 2 nitrogen and oxygen atoms in total. The average molecular weight is 214 g/mol. The molecule has 1 rings (SSSR count). The number of hydrogen-bond acceptors (Lipinski definition) is 2. The van der Waals surface area contributed by atoms with E-state index in [1.54, 1.807) is 13.0 Å². The first kappa shape index (κ1) is 13.2. The third-order valence-electron chi connectivity index (χ3n) is 1.82. The van der Waals surface area contributed by atoms with Crippen molar-refractivity contribution in [3.8, 4) is 0 Å². The molecule has 0 bridgehead atoms. The summed E-state index contributed by atoms with van der Waals surface area (Å²) in [4.78, 5) is 0. The summed E-state index contributed by atoms with van der Waals surface area (Å²) in [6.07, 6.45) is 3.01. The van der Waals surface area contributed by atoms with Gasteiger partial charge in [-0.25, -0.2) is 0 Å². The van der Waals surface area contributed by atoms with Crippen molar-refractivity contribution in [2.45, 2.75) is 19.1 Å². The lowest BCUT2D eigenvalue weighted by atomic mass is 10.1. The van der Waals surface area contributed by atoms with Gasteiger partial charge in [0.25, 0.3) is 0 Å². The molecular formula is C11H16ClNO. The van der Waals surface area contributed by atoms with Gasteiger partial charge in [-0.2, -0.15) is 0 Å². The Bertz CT molecular complexity index is 272. The van der Waals surface area contributed by atoms with E-state index in [2.05, 4.69) is 0 Å². The Balaban J connectivity index is 0.00000169. The lowest BCUT2D eigenvalue weighted by Gasteiger charge is -2.08. The molecule has 3 N–H and O–H groups in total. The second-order valence-electron chi connectivity index (χ2n) is 3.12. The van der Waals surface area contributed by atoms with Crippen molar-refractivity contribution in [1.29, 1.82) is 0 Å². The minimum Gasteiger partial charge on any atom is -0.387 e. The average Bonchev–Trinajstić information content (AvgIpc) is 2.15. The Labute approximate surface area is 90.9 Å². The Morgan fingerprint density at radius 2 is 1.86 bits per heavy atom. The molecule has 2 atom stereocenters. The lowest BCUT2D eigenvalue weighted by molar-refractivity contribution is 0.199. The van der Waals surface area contributed by atoms with Crippen LogP contribution in [-0.4, -0.2) is 17.3 Å². The van der Waals surface area contributed by atoms with E-state index in [1.165, 1.54) is 0 Å². The van der Waals surface area contributed by atoms with Crippen LogP contribution in [0.5, 0.6) is 0 Å². The van der Waals surface area contributed by atoms with Gasteiger partial charge in [-0.3, -0.25) is 0 Å². The van der Waals surface area contributed by atoms with Crippen LogP contribution in [0.4, 0.5) is 0 Å². The van der Waals surface area contributed by atoms with E-state index < -0.39 is 6.10 Å². The molecule has 0 aliphatic heterocycles. The van der Waals surface area contributed by atoms with Gasteiger partial charge >= 0.3 is 0 Å². The Hall–Kier alpha value is -0.830. The second kappa shape index (κ2) is 6.60. The van der Waals surface area contributed by atoms with Crippen LogP contribution < -0.4 is 5.73 Å². The number of hydrogen-bond donors (Lipinski definition) is 2. The van der Waals surface area contributed by atoms with Gasteiger partial charge in [-0.1, -0.05) is 42.5 Å². The molecular weight excluding hydrogens is 198 g/mol. The highest BCUT2D eigenvalue weighted by Gasteiger charge is 2.03. The van der Waals surface area contributed by atoms with Crippen molar-refractivity contribution >= 4 is 18.5 Å². The van der Waals surface area contributed by atoms with E-state index in [0.29, 0.717) is 0 Å². The van der Waals surface area contributed by atoms with E-state index in [4.69, 9.17) is 5.73 Å². The normalized spacial score (nSPS) is 14.8. The molecule has 1 unspecified atom stereocenters. The van der Waals surface area contributed by atoms with Gasteiger partial charge in [-0.15, -0.1) is 12.4 Å². The van der Waals surface area contributed by atoms with Crippen molar-refractivity contribution in [1.82, 2.24) is 0 Å². The van der Waals surface area contributed by atoms with Crippen molar-refractivity contribution in [2.75, 3.05) is 0 Å². The van der Waals surface area contributed by atoms with Crippen LogP contribution in [0.2, 0.25) is 0 Å². The maximum atomic E-state index is 9.38. The number of rotatable bonds is 3. The van der Waals surface area contributed by atoms with Gasteiger partial charge in [0.05, 0.1) is 6.10 Å². The standard InChI is InChI=1S/C11H15NO.ClH/c1-9(12)11(13)8-7-10-5-3-2-4-6-10;/h2-9,11,13H,12H2,1H3;1H/t9-,11?;/m0./s1. The summed E-state index contributed by atoms with van der Waals surface area (Å²) in [5, 5.41) is 9.38. The van der Waals surface area contributed by atoms with Gasteiger partial charge in [0.2, 0.25) is 0 Å². The molecule has 0 aliphatic rings. The summed E-state index contributed by atoms with van der Waals surface area (Å²) in [5.74, 6) is 0. The van der Waals surface area contributed by atoms with Crippen molar-refractivity contribution in [2.24, 2.45) is 5.73 Å². The highest BCUT2D eigenvalue weighted by Crippen LogP contribution is 2.02. The molecule has 0 amide bonds. The fourth-order valence-electron chi connectivity index (χ4n) is 0.949. The summed E-state index contributed by atoms with van der Waals surface area (Å²) in [6, 6.07) is 9.60. The third kappa shape index (κ3) is 4.42. The first-order chi connectivity index (χ1) is 6.20. The SMILES string of the molecule is C[C@H](N)C(O)C=Cc1ccccc1.Cl. The van der Waals surface area contributed by atoms with E-state index in [9.17, 15) is 5.11 Å². The molecule has 1 aromatic carbocycles. The molecule has 14 heavy (non-hydrogen) atoms. The fourth-order valence-corrected chi connectivity index (χ4v) is 0.949. The molecule has 1 aromatic rings.